The molecule has 0 aliphatic carbocycles. The Morgan fingerprint density at radius 3 is 2.55 bits per heavy atom. The fourth-order valence-electron chi connectivity index (χ4n) is 2.76. The zero-order chi connectivity index (χ0) is 16.5. The van der Waals surface area contributed by atoms with Gasteiger partial charge >= 0.3 is 12.1 Å². The summed E-state index contributed by atoms with van der Waals surface area (Å²) in [5.74, 6) is -0.963. The van der Waals surface area contributed by atoms with Crippen molar-refractivity contribution in [2.24, 2.45) is 0 Å². The summed E-state index contributed by atoms with van der Waals surface area (Å²) >= 11 is 0. The summed E-state index contributed by atoms with van der Waals surface area (Å²) in [6.07, 6.45) is -0.145. The predicted octanol–water partition coefficient (Wildman–Crippen LogP) is 3.17. The molecule has 5 nitrogen and oxygen atoms in total. The van der Waals surface area contributed by atoms with Crippen LogP contribution in [0.2, 0.25) is 0 Å². The maximum atomic E-state index is 12.3. The highest BCUT2D eigenvalue weighted by Gasteiger charge is 2.41. The number of carboxylic acids is 1. The SMILES string of the molecule is Cc1cccc(C2C[C@@H](C(=O)O)N(C(=O)OC(C)(C)C)C2)c1. The van der Waals surface area contributed by atoms with Crippen LogP contribution in [0.15, 0.2) is 24.3 Å². The summed E-state index contributed by atoms with van der Waals surface area (Å²) in [5, 5.41) is 9.40. The molecule has 1 heterocycles. The summed E-state index contributed by atoms with van der Waals surface area (Å²) in [5.41, 5.74) is 1.55. The third kappa shape index (κ3) is 3.78. The van der Waals surface area contributed by atoms with Crippen LogP contribution in [0.3, 0.4) is 0 Å². The first-order chi connectivity index (χ1) is 10.2. The fraction of sp³-hybridized carbons (Fsp3) is 0.529. The number of carboxylic acid groups (broad SMARTS) is 1. The van der Waals surface area contributed by atoms with Gasteiger partial charge in [0.1, 0.15) is 11.6 Å². The lowest BCUT2D eigenvalue weighted by Crippen LogP contribution is -2.43. The maximum Gasteiger partial charge on any atom is 0.411 e. The van der Waals surface area contributed by atoms with E-state index in [1.165, 1.54) is 4.90 Å². The molecule has 1 fully saturated rings. The normalized spacial score (nSPS) is 21.7. The van der Waals surface area contributed by atoms with E-state index in [0.717, 1.165) is 11.1 Å². The highest BCUT2D eigenvalue weighted by molar-refractivity contribution is 5.81. The molecule has 1 aliphatic rings. The van der Waals surface area contributed by atoms with Gasteiger partial charge in [0.25, 0.3) is 0 Å². The van der Waals surface area contributed by atoms with Gasteiger partial charge in [0, 0.05) is 12.5 Å². The molecule has 1 aliphatic heterocycles. The second-order valence-corrected chi connectivity index (χ2v) is 6.83. The highest BCUT2D eigenvalue weighted by atomic mass is 16.6. The lowest BCUT2D eigenvalue weighted by atomic mass is 9.95. The first-order valence-corrected chi connectivity index (χ1v) is 7.46. The van der Waals surface area contributed by atoms with Crippen LogP contribution in [0.4, 0.5) is 4.79 Å². The standard InChI is InChI=1S/C17H23NO4/c1-11-6-5-7-12(8-11)13-9-14(15(19)20)18(10-13)16(21)22-17(2,3)4/h5-8,13-14H,9-10H2,1-4H3,(H,19,20)/t13?,14-/m0/s1. The second-order valence-electron chi connectivity index (χ2n) is 6.83. The molecule has 2 atom stereocenters. The zero-order valence-electron chi connectivity index (χ0n) is 13.5. The molecule has 2 rings (SSSR count). The van der Waals surface area contributed by atoms with E-state index in [1.807, 2.05) is 31.2 Å². The molecular weight excluding hydrogens is 282 g/mol. The van der Waals surface area contributed by atoms with Crippen molar-refractivity contribution in [3.8, 4) is 0 Å². The first-order valence-electron chi connectivity index (χ1n) is 7.46. The Morgan fingerprint density at radius 2 is 2.00 bits per heavy atom. The number of benzene rings is 1. The van der Waals surface area contributed by atoms with Gasteiger partial charge in [-0.25, -0.2) is 9.59 Å². The average Bonchev–Trinajstić information content (AvgIpc) is 2.82. The summed E-state index contributed by atoms with van der Waals surface area (Å²) in [6.45, 7) is 7.69. The van der Waals surface area contributed by atoms with Crippen LogP contribution in [0.5, 0.6) is 0 Å². The first kappa shape index (κ1) is 16.3. The molecule has 22 heavy (non-hydrogen) atoms. The summed E-state index contributed by atoms with van der Waals surface area (Å²) < 4.78 is 5.33. The average molecular weight is 305 g/mol. The van der Waals surface area contributed by atoms with Crippen LogP contribution in [-0.2, 0) is 9.53 Å². The van der Waals surface area contributed by atoms with Gasteiger partial charge in [0.2, 0.25) is 0 Å². The van der Waals surface area contributed by atoms with Crippen LogP contribution < -0.4 is 0 Å². The van der Waals surface area contributed by atoms with Crippen LogP contribution in [0.1, 0.15) is 44.2 Å². The summed E-state index contributed by atoms with van der Waals surface area (Å²) in [6, 6.07) is 7.15. The second kappa shape index (κ2) is 5.99. The number of hydrogen-bond donors (Lipinski definition) is 1. The van der Waals surface area contributed by atoms with E-state index in [0.29, 0.717) is 13.0 Å². The van der Waals surface area contributed by atoms with Crippen molar-refractivity contribution in [1.82, 2.24) is 4.90 Å². The number of amides is 1. The van der Waals surface area contributed by atoms with E-state index in [-0.39, 0.29) is 5.92 Å². The van der Waals surface area contributed by atoms with Crippen LogP contribution >= 0.6 is 0 Å². The van der Waals surface area contributed by atoms with Crippen molar-refractivity contribution in [3.63, 3.8) is 0 Å². The van der Waals surface area contributed by atoms with E-state index in [1.54, 1.807) is 20.8 Å². The van der Waals surface area contributed by atoms with Gasteiger partial charge < -0.3 is 9.84 Å². The van der Waals surface area contributed by atoms with Crippen LogP contribution in [0, 0.1) is 6.92 Å². The van der Waals surface area contributed by atoms with Gasteiger partial charge in [-0.05, 0) is 39.7 Å². The van der Waals surface area contributed by atoms with Crippen molar-refractivity contribution < 1.29 is 19.4 Å². The number of aryl methyl sites for hydroxylation is 1. The minimum absolute atomic E-state index is 0.0218. The van der Waals surface area contributed by atoms with Gasteiger partial charge in [-0.3, -0.25) is 4.90 Å². The number of aliphatic carboxylic acids is 1. The Morgan fingerprint density at radius 1 is 1.32 bits per heavy atom. The molecule has 120 valence electrons. The van der Waals surface area contributed by atoms with E-state index in [2.05, 4.69) is 0 Å². The Bertz CT molecular complexity index is 576. The smallest absolute Gasteiger partial charge is 0.411 e. The maximum absolute atomic E-state index is 12.3. The molecule has 1 aromatic rings. The number of likely N-dealkylation sites (tertiary alicyclic amines) is 1. The molecule has 5 heteroatoms. The van der Waals surface area contributed by atoms with Crippen molar-refractivity contribution >= 4 is 12.1 Å². The van der Waals surface area contributed by atoms with E-state index in [4.69, 9.17) is 4.74 Å². The third-order valence-electron chi connectivity index (χ3n) is 3.73. The number of ether oxygens (including phenoxy) is 1. The Labute approximate surface area is 130 Å². The van der Waals surface area contributed by atoms with Gasteiger partial charge in [0.15, 0.2) is 0 Å². The molecule has 1 unspecified atom stereocenters. The van der Waals surface area contributed by atoms with E-state index in [9.17, 15) is 14.7 Å². The lowest BCUT2D eigenvalue weighted by molar-refractivity contribution is -0.142. The Kier molecular flexibility index (Phi) is 4.44. The minimum atomic E-state index is -0.985. The number of carbonyl (C=O) groups is 2. The van der Waals surface area contributed by atoms with Crippen molar-refractivity contribution in [2.75, 3.05) is 6.54 Å². The third-order valence-corrected chi connectivity index (χ3v) is 3.73. The van der Waals surface area contributed by atoms with E-state index >= 15 is 0 Å². The van der Waals surface area contributed by atoms with Gasteiger partial charge in [0.05, 0.1) is 0 Å². The molecule has 1 saturated heterocycles. The minimum Gasteiger partial charge on any atom is -0.480 e. The molecule has 0 radical (unpaired) electrons. The number of carbonyl (C=O) groups excluding carboxylic acids is 1. The van der Waals surface area contributed by atoms with Crippen molar-refractivity contribution in [2.45, 2.75) is 51.7 Å². The summed E-state index contributed by atoms with van der Waals surface area (Å²) in [4.78, 5) is 25.1. The molecule has 1 N–H and O–H groups in total. The molecule has 0 aromatic heterocycles. The zero-order valence-corrected chi connectivity index (χ0v) is 13.5. The fourth-order valence-corrected chi connectivity index (χ4v) is 2.76. The Balaban J connectivity index is 2.19. The van der Waals surface area contributed by atoms with Gasteiger partial charge in [-0.1, -0.05) is 29.8 Å². The topological polar surface area (TPSA) is 66.8 Å². The lowest BCUT2D eigenvalue weighted by Gasteiger charge is -2.26. The molecular formula is C17H23NO4. The van der Waals surface area contributed by atoms with Crippen LogP contribution in [0.25, 0.3) is 0 Å². The van der Waals surface area contributed by atoms with Crippen molar-refractivity contribution in [3.05, 3.63) is 35.4 Å². The molecule has 0 spiro atoms. The highest BCUT2D eigenvalue weighted by Crippen LogP contribution is 2.33. The largest absolute Gasteiger partial charge is 0.480 e. The monoisotopic (exact) mass is 305 g/mol. The van der Waals surface area contributed by atoms with Crippen molar-refractivity contribution in [1.29, 1.82) is 0 Å². The van der Waals surface area contributed by atoms with E-state index < -0.39 is 23.7 Å². The molecule has 0 bridgehead atoms. The predicted molar refractivity (Wildman–Crippen MR) is 82.9 cm³/mol. The van der Waals surface area contributed by atoms with Gasteiger partial charge in [-0.2, -0.15) is 0 Å². The molecule has 1 amide bonds. The Hall–Kier alpha value is -2.04. The summed E-state index contributed by atoms with van der Waals surface area (Å²) in [7, 11) is 0. The number of nitrogens with zero attached hydrogens (tertiary/aromatic N) is 1. The molecule has 0 saturated carbocycles. The van der Waals surface area contributed by atoms with Gasteiger partial charge in [-0.15, -0.1) is 0 Å². The number of hydrogen-bond acceptors (Lipinski definition) is 3. The quantitative estimate of drug-likeness (QED) is 0.911. The molecule has 1 aromatic carbocycles. The number of rotatable bonds is 2. The van der Waals surface area contributed by atoms with Crippen LogP contribution in [-0.4, -0.2) is 40.3 Å².